The van der Waals surface area contributed by atoms with E-state index >= 15 is 0 Å². The van der Waals surface area contributed by atoms with Crippen molar-refractivity contribution in [3.63, 3.8) is 0 Å². The van der Waals surface area contributed by atoms with Crippen molar-refractivity contribution in [2.24, 2.45) is 7.05 Å². The maximum Gasteiger partial charge on any atom is 0.163 e. The van der Waals surface area contributed by atoms with Crippen molar-refractivity contribution in [3.8, 4) is 0 Å². The van der Waals surface area contributed by atoms with Crippen LogP contribution in [0.3, 0.4) is 0 Å². The van der Waals surface area contributed by atoms with Gasteiger partial charge in [0.05, 0.1) is 30.9 Å². The van der Waals surface area contributed by atoms with Gasteiger partial charge in [-0.1, -0.05) is 0 Å². The molecule has 0 radical (unpaired) electrons. The van der Waals surface area contributed by atoms with Crippen LogP contribution in [0.5, 0.6) is 0 Å². The van der Waals surface area contributed by atoms with Gasteiger partial charge in [-0.25, -0.2) is 9.97 Å². The molecular formula is C13H21N5O2. The second kappa shape index (κ2) is 6.62. The zero-order chi connectivity index (χ0) is 14.5. The van der Waals surface area contributed by atoms with Gasteiger partial charge in [0.15, 0.2) is 11.5 Å². The molecule has 0 unspecified atom stereocenters. The van der Waals surface area contributed by atoms with Gasteiger partial charge >= 0.3 is 0 Å². The van der Waals surface area contributed by atoms with Gasteiger partial charge in [0, 0.05) is 14.1 Å². The lowest BCUT2D eigenvalue weighted by molar-refractivity contribution is 0.0128. The second-order valence-corrected chi connectivity index (χ2v) is 4.72. The molecule has 0 aliphatic rings. The van der Waals surface area contributed by atoms with Crippen LogP contribution in [-0.2, 0) is 23.1 Å². The minimum Gasteiger partial charge on any atom is -0.376 e. The van der Waals surface area contributed by atoms with Crippen LogP contribution >= 0.6 is 0 Å². The Morgan fingerprint density at radius 1 is 1.30 bits per heavy atom. The molecule has 0 aliphatic carbocycles. The lowest BCUT2D eigenvalue weighted by atomic mass is 10.4. The Morgan fingerprint density at radius 2 is 2.10 bits per heavy atom. The molecule has 0 aromatic carbocycles. The summed E-state index contributed by atoms with van der Waals surface area (Å²) in [6, 6.07) is 0. The average Bonchev–Trinajstić information content (AvgIpc) is 2.79. The molecular weight excluding hydrogens is 258 g/mol. The summed E-state index contributed by atoms with van der Waals surface area (Å²) >= 11 is 0. The third-order valence-electron chi connectivity index (χ3n) is 2.79. The van der Waals surface area contributed by atoms with E-state index in [1.807, 2.05) is 27.9 Å². The van der Waals surface area contributed by atoms with Crippen LogP contribution < -0.4 is 5.32 Å². The van der Waals surface area contributed by atoms with E-state index < -0.39 is 0 Å². The van der Waals surface area contributed by atoms with Gasteiger partial charge in [0.2, 0.25) is 0 Å². The Kier molecular flexibility index (Phi) is 4.86. The summed E-state index contributed by atoms with van der Waals surface area (Å²) in [6.45, 7) is 5.46. The molecule has 7 heteroatoms. The van der Waals surface area contributed by atoms with Gasteiger partial charge in [0.1, 0.15) is 12.4 Å². The number of nitrogens with zero attached hydrogens (tertiary/aromatic N) is 4. The van der Waals surface area contributed by atoms with E-state index in [1.54, 1.807) is 10.9 Å². The van der Waals surface area contributed by atoms with Crippen LogP contribution in [0, 0.1) is 0 Å². The smallest absolute Gasteiger partial charge is 0.163 e. The van der Waals surface area contributed by atoms with Crippen LogP contribution in [-0.4, -0.2) is 46.1 Å². The van der Waals surface area contributed by atoms with Gasteiger partial charge in [-0.15, -0.1) is 0 Å². The molecule has 1 N–H and O–H groups in total. The van der Waals surface area contributed by atoms with E-state index in [0.717, 1.165) is 16.9 Å². The molecule has 20 heavy (non-hydrogen) atoms. The number of nitrogens with one attached hydrogen (secondary N) is 1. The molecule has 2 aromatic heterocycles. The number of aryl methyl sites for hydroxylation is 1. The Labute approximate surface area is 118 Å². The number of rotatable bonds is 7. The van der Waals surface area contributed by atoms with E-state index in [-0.39, 0.29) is 6.10 Å². The van der Waals surface area contributed by atoms with E-state index in [9.17, 15) is 0 Å². The minimum atomic E-state index is 0.219. The molecule has 7 nitrogen and oxygen atoms in total. The summed E-state index contributed by atoms with van der Waals surface area (Å²) in [4.78, 5) is 8.88. The monoisotopic (exact) mass is 279 g/mol. The lowest BCUT2D eigenvalue weighted by Gasteiger charge is -2.09. The van der Waals surface area contributed by atoms with Crippen molar-refractivity contribution < 1.29 is 9.47 Å². The molecule has 0 amide bonds. The van der Waals surface area contributed by atoms with Crippen LogP contribution in [0.15, 0.2) is 6.20 Å². The molecule has 2 rings (SSSR count). The first-order valence-electron chi connectivity index (χ1n) is 6.67. The highest BCUT2D eigenvalue weighted by atomic mass is 16.5. The highest BCUT2D eigenvalue weighted by Gasteiger charge is 2.10. The number of aromatic nitrogens is 4. The predicted molar refractivity (Wildman–Crippen MR) is 76.6 cm³/mol. The van der Waals surface area contributed by atoms with Gasteiger partial charge in [-0.3, -0.25) is 4.68 Å². The van der Waals surface area contributed by atoms with Crippen molar-refractivity contribution in [1.29, 1.82) is 0 Å². The van der Waals surface area contributed by atoms with E-state index in [4.69, 9.17) is 9.47 Å². The summed E-state index contributed by atoms with van der Waals surface area (Å²) in [7, 11) is 3.69. The van der Waals surface area contributed by atoms with Crippen molar-refractivity contribution in [2.75, 3.05) is 25.6 Å². The standard InChI is InChI=1S/C13H21N5O2/c1-9(2)20-6-5-19-8-11-16-12(14-3)10-7-15-18(4)13(10)17-11/h7,9H,5-6,8H2,1-4H3,(H,14,16,17). The van der Waals surface area contributed by atoms with Gasteiger partial charge in [0.25, 0.3) is 0 Å². The molecule has 0 fully saturated rings. The lowest BCUT2D eigenvalue weighted by Crippen LogP contribution is -2.11. The number of fused-ring (bicyclic) bond motifs is 1. The number of hydrogen-bond donors (Lipinski definition) is 1. The Balaban J connectivity index is 2.01. The molecule has 0 atom stereocenters. The summed E-state index contributed by atoms with van der Waals surface area (Å²) in [6.07, 6.45) is 1.97. The van der Waals surface area contributed by atoms with Gasteiger partial charge in [-0.05, 0) is 13.8 Å². The topological polar surface area (TPSA) is 74.1 Å². The zero-order valence-corrected chi connectivity index (χ0v) is 12.4. The third-order valence-corrected chi connectivity index (χ3v) is 2.79. The maximum absolute atomic E-state index is 5.53. The van der Waals surface area contributed by atoms with Gasteiger partial charge in [-0.2, -0.15) is 5.10 Å². The van der Waals surface area contributed by atoms with E-state index in [0.29, 0.717) is 25.6 Å². The molecule has 0 saturated carbocycles. The first-order chi connectivity index (χ1) is 9.61. The fourth-order valence-corrected chi connectivity index (χ4v) is 1.83. The highest BCUT2D eigenvalue weighted by Crippen LogP contribution is 2.19. The van der Waals surface area contributed by atoms with Gasteiger partial charge < -0.3 is 14.8 Å². The molecule has 110 valence electrons. The number of ether oxygens (including phenoxy) is 2. The van der Waals surface area contributed by atoms with Crippen LogP contribution in [0.25, 0.3) is 11.0 Å². The van der Waals surface area contributed by atoms with Crippen LogP contribution in [0.2, 0.25) is 0 Å². The highest BCUT2D eigenvalue weighted by molar-refractivity contribution is 5.86. The van der Waals surface area contributed by atoms with Crippen molar-refractivity contribution in [2.45, 2.75) is 26.6 Å². The summed E-state index contributed by atoms with van der Waals surface area (Å²) in [5.41, 5.74) is 0.793. The zero-order valence-electron chi connectivity index (χ0n) is 12.4. The van der Waals surface area contributed by atoms with E-state index in [2.05, 4.69) is 20.4 Å². The summed E-state index contributed by atoms with van der Waals surface area (Å²) in [5.74, 6) is 1.40. The molecule has 2 heterocycles. The fraction of sp³-hybridized carbons (Fsp3) is 0.615. The Hall–Kier alpha value is -1.73. The number of hydrogen-bond acceptors (Lipinski definition) is 6. The Bertz CT molecular complexity index is 567. The van der Waals surface area contributed by atoms with Crippen molar-refractivity contribution in [1.82, 2.24) is 19.7 Å². The Morgan fingerprint density at radius 3 is 2.80 bits per heavy atom. The van der Waals surface area contributed by atoms with E-state index in [1.165, 1.54) is 0 Å². The van der Waals surface area contributed by atoms with Crippen LogP contribution in [0.1, 0.15) is 19.7 Å². The third kappa shape index (κ3) is 3.43. The molecule has 2 aromatic rings. The predicted octanol–water partition coefficient (Wildman–Crippen LogP) is 1.35. The number of anilines is 1. The van der Waals surface area contributed by atoms with Crippen molar-refractivity contribution in [3.05, 3.63) is 12.0 Å². The minimum absolute atomic E-state index is 0.219. The first kappa shape index (κ1) is 14.7. The summed E-state index contributed by atoms with van der Waals surface area (Å²) < 4.78 is 12.7. The second-order valence-electron chi connectivity index (χ2n) is 4.72. The average molecular weight is 279 g/mol. The normalized spacial score (nSPS) is 11.4. The van der Waals surface area contributed by atoms with Crippen LogP contribution in [0.4, 0.5) is 5.82 Å². The largest absolute Gasteiger partial charge is 0.376 e. The first-order valence-corrected chi connectivity index (χ1v) is 6.67. The molecule has 0 aliphatic heterocycles. The van der Waals surface area contributed by atoms with Crippen molar-refractivity contribution >= 4 is 16.9 Å². The maximum atomic E-state index is 5.53. The summed E-state index contributed by atoms with van der Waals surface area (Å²) in [5, 5.41) is 8.15. The SMILES string of the molecule is CNc1nc(COCCOC(C)C)nc2c1cnn2C. The fourth-order valence-electron chi connectivity index (χ4n) is 1.83. The molecule has 0 saturated heterocycles. The molecule has 0 spiro atoms. The molecule has 0 bridgehead atoms. The quantitative estimate of drug-likeness (QED) is 0.771.